The Hall–Kier alpha value is -2.22. The minimum atomic E-state index is -2.55. The zero-order valence-corrected chi connectivity index (χ0v) is 13.6. The molecule has 0 aliphatic carbocycles. The molecule has 0 spiro atoms. The van der Waals surface area contributed by atoms with Crippen molar-refractivity contribution in [3.63, 3.8) is 0 Å². The number of nitrogens with zero attached hydrogens (tertiary/aromatic N) is 1. The molecule has 128 valence electrons. The van der Waals surface area contributed by atoms with Crippen LogP contribution in [-0.4, -0.2) is 25.8 Å². The molecule has 0 fully saturated rings. The molecule has 0 aromatic heterocycles. The second-order valence-corrected chi connectivity index (χ2v) is 6.10. The van der Waals surface area contributed by atoms with E-state index < -0.39 is 23.3 Å². The van der Waals surface area contributed by atoms with Crippen LogP contribution in [-0.2, 0) is 0 Å². The molecule has 0 heterocycles. The Bertz CT molecular complexity index is 712. The minimum Gasteiger partial charge on any atom is -0.373 e. The number of benzene rings is 2. The summed E-state index contributed by atoms with van der Waals surface area (Å²) in [6, 6.07) is 7.50. The highest BCUT2D eigenvalue weighted by Crippen LogP contribution is 2.27. The fourth-order valence-electron chi connectivity index (χ4n) is 2.06. The van der Waals surface area contributed by atoms with E-state index in [-0.39, 0.29) is 16.9 Å². The van der Waals surface area contributed by atoms with Gasteiger partial charge in [-0.05, 0) is 36.4 Å². The summed E-state index contributed by atoms with van der Waals surface area (Å²) in [7, 11) is 3.00. The Balaban J connectivity index is 2.15. The van der Waals surface area contributed by atoms with Crippen LogP contribution < -0.4 is 10.2 Å². The first-order chi connectivity index (χ1) is 11.3. The van der Waals surface area contributed by atoms with Gasteiger partial charge >= 0.3 is 0 Å². The third-order valence-corrected chi connectivity index (χ3v) is 3.79. The van der Waals surface area contributed by atoms with E-state index >= 15 is 0 Å². The van der Waals surface area contributed by atoms with Gasteiger partial charge in [-0.2, -0.15) is 8.78 Å². The van der Waals surface area contributed by atoms with E-state index in [1.165, 1.54) is 43.3 Å². The average Bonchev–Trinajstić information content (AvgIpc) is 2.46. The fraction of sp³-hybridized carbons (Fsp3) is 0.188. The first kappa shape index (κ1) is 18.1. The van der Waals surface area contributed by atoms with Crippen LogP contribution in [0.15, 0.2) is 41.3 Å². The van der Waals surface area contributed by atoms with Gasteiger partial charge in [0.05, 0.1) is 0 Å². The quantitative estimate of drug-likeness (QED) is 0.626. The zero-order valence-electron chi connectivity index (χ0n) is 12.8. The molecule has 0 unspecified atom stereocenters. The van der Waals surface area contributed by atoms with Crippen LogP contribution in [0.2, 0.25) is 0 Å². The van der Waals surface area contributed by atoms with Gasteiger partial charge in [-0.3, -0.25) is 4.79 Å². The van der Waals surface area contributed by atoms with Gasteiger partial charge < -0.3 is 10.2 Å². The van der Waals surface area contributed by atoms with Gasteiger partial charge in [0.25, 0.3) is 11.7 Å². The third kappa shape index (κ3) is 4.41. The Morgan fingerprint density at radius 1 is 1.08 bits per heavy atom. The standard InChI is InChI=1S/C16H14F4N2OS/c1-22(2)14-12(17)7-10(8-13(14)18)21-15(23)9-3-5-11(6-4-9)24-16(19)20/h3-8,16H,1-2H3,(H,21,23). The molecule has 1 N–H and O–H groups in total. The van der Waals surface area contributed by atoms with Gasteiger partial charge in [0.2, 0.25) is 0 Å². The predicted molar refractivity (Wildman–Crippen MR) is 86.9 cm³/mol. The Morgan fingerprint density at radius 2 is 1.62 bits per heavy atom. The molecule has 0 aliphatic heterocycles. The van der Waals surface area contributed by atoms with E-state index in [9.17, 15) is 22.4 Å². The highest BCUT2D eigenvalue weighted by molar-refractivity contribution is 7.99. The number of nitrogens with one attached hydrogen (secondary N) is 1. The number of thioether (sulfide) groups is 1. The van der Waals surface area contributed by atoms with Crippen molar-refractivity contribution >= 4 is 29.0 Å². The number of halogens is 4. The molecule has 24 heavy (non-hydrogen) atoms. The van der Waals surface area contributed by atoms with Gasteiger partial charge in [-0.15, -0.1) is 0 Å². The van der Waals surface area contributed by atoms with Gasteiger partial charge in [0, 0.05) is 30.2 Å². The summed E-state index contributed by atoms with van der Waals surface area (Å²) in [6.07, 6.45) is 0. The maximum atomic E-state index is 13.9. The van der Waals surface area contributed by atoms with Gasteiger partial charge in [-0.25, -0.2) is 8.78 Å². The molecule has 0 saturated carbocycles. The first-order valence-corrected chi connectivity index (χ1v) is 7.68. The SMILES string of the molecule is CN(C)c1c(F)cc(NC(=O)c2ccc(SC(F)F)cc2)cc1F. The molecule has 2 aromatic carbocycles. The first-order valence-electron chi connectivity index (χ1n) is 6.80. The van der Waals surface area contributed by atoms with Crippen LogP contribution in [0, 0.1) is 11.6 Å². The van der Waals surface area contributed by atoms with Crippen molar-refractivity contribution in [1.29, 1.82) is 0 Å². The van der Waals surface area contributed by atoms with Crippen molar-refractivity contribution in [3.8, 4) is 0 Å². The number of carbonyl (C=O) groups excluding carboxylic acids is 1. The smallest absolute Gasteiger partial charge is 0.288 e. The van der Waals surface area contributed by atoms with Crippen LogP contribution in [0.5, 0.6) is 0 Å². The normalized spacial score (nSPS) is 10.8. The largest absolute Gasteiger partial charge is 0.373 e. The lowest BCUT2D eigenvalue weighted by Gasteiger charge is -2.16. The summed E-state index contributed by atoms with van der Waals surface area (Å²) >= 11 is 0.362. The number of carbonyl (C=O) groups is 1. The molecule has 0 saturated heterocycles. The van der Waals surface area contributed by atoms with Crippen molar-refractivity contribution in [1.82, 2.24) is 0 Å². The number of amides is 1. The molecule has 0 bridgehead atoms. The number of anilines is 2. The molecule has 2 aromatic rings. The molecule has 1 amide bonds. The fourth-order valence-corrected chi connectivity index (χ4v) is 2.55. The van der Waals surface area contributed by atoms with E-state index in [1.807, 2.05) is 0 Å². The number of hydrogen-bond acceptors (Lipinski definition) is 3. The minimum absolute atomic E-state index is 0.0355. The second kappa shape index (κ2) is 7.57. The lowest BCUT2D eigenvalue weighted by Crippen LogP contribution is -2.15. The van der Waals surface area contributed by atoms with E-state index in [4.69, 9.17) is 0 Å². The van der Waals surface area contributed by atoms with Crippen LogP contribution in [0.4, 0.5) is 28.9 Å². The van der Waals surface area contributed by atoms with Crippen molar-refractivity contribution in [2.45, 2.75) is 10.7 Å². The van der Waals surface area contributed by atoms with Gasteiger partial charge in [0.15, 0.2) is 11.6 Å². The highest BCUT2D eigenvalue weighted by atomic mass is 32.2. The third-order valence-electron chi connectivity index (χ3n) is 3.06. The summed E-state index contributed by atoms with van der Waals surface area (Å²) in [5, 5.41) is 2.37. The summed E-state index contributed by atoms with van der Waals surface area (Å²) < 4.78 is 52.2. The summed E-state index contributed by atoms with van der Waals surface area (Å²) in [5.74, 6) is -4.76. The van der Waals surface area contributed by atoms with Crippen molar-refractivity contribution < 1.29 is 22.4 Å². The summed E-state index contributed by atoms with van der Waals surface area (Å²) in [4.78, 5) is 13.7. The molecule has 8 heteroatoms. The molecular weight excluding hydrogens is 344 g/mol. The Labute approximate surface area is 140 Å². The number of rotatable bonds is 5. The Kier molecular flexibility index (Phi) is 5.71. The van der Waals surface area contributed by atoms with E-state index in [0.717, 1.165) is 12.1 Å². The van der Waals surface area contributed by atoms with E-state index in [2.05, 4.69) is 5.32 Å². The van der Waals surface area contributed by atoms with Crippen LogP contribution in [0.3, 0.4) is 0 Å². The maximum absolute atomic E-state index is 13.9. The van der Waals surface area contributed by atoms with Gasteiger partial charge in [0.1, 0.15) is 5.69 Å². The lowest BCUT2D eigenvalue weighted by atomic mass is 10.2. The van der Waals surface area contributed by atoms with Crippen LogP contribution in [0.25, 0.3) is 0 Å². The van der Waals surface area contributed by atoms with E-state index in [0.29, 0.717) is 16.7 Å². The number of alkyl halides is 2. The van der Waals surface area contributed by atoms with Gasteiger partial charge in [-0.1, -0.05) is 11.8 Å². The second-order valence-electron chi connectivity index (χ2n) is 5.04. The highest BCUT2D eigenvalue weighted by Gasteiger charge is 2.15. The lowest BCUT2D eigenvalue weighted by molar-refractivity contribution is 0.102. The molecule has 2 rings (SSSR count). The predicted octanol–water partition coefficient (Wildman–Crippen LogP) is 4.60. The van der Waals surface area contributed by atoms with Crippen molar-refractivity contribution in [2.75, 3.05) is 24.3 Å². The zero-order chi connectivity index (χ0) is 17.9. The van der Waals surface area contributed by atoms with Crippen molar-refractivity contribution in [2.24, 2.45) is 0 Å². The summed E-state index contributed by atoms with van der Waals surface area (Å²) in [6.45, 7) is 0. The molecule has 0 radical (unpaired) electrons. The number of hydrogen-bond donors (Lipinski definition) is 1. The van der Waals surface area contributed by atoms with E-state index in [1.54, 1.807) is 0 Å². The van der Waals surface area contributed by atoms with Crippen molar-refractivity contribution in [3.05, 3.63) is 53.6 Å². The Morgan fingerprint density at radius 3 is 2.08 bits per heavy atom. The molecule has 0 atom stereocenters. The molecule has 0 aliphatic rings. The average molecular weight is 358 g/mol. The molecule has 3 nitrogen and oxygen atoms in total. The summed E-state index contributed by atoms with van der Waals surface area (Å²) in [5.41, 5.74) is -0.0564. The topological polar surface area (TPSA) is 32.3 Å². The monoisotopic (exact) mass is 358 g/mol. The van der Waals surface area contributed by atoms with Crippen LogP contribution in [0.1, 0.15) is 10.4 Å². The molecular formula is C16H14F4N2OS. The maximum Gasteiger partial charge on any atom is 0.288 e. The van der Waals surface area contributed by atoms with Crippen LogP contribution >= 0.6 is 11.8 Å².